The normalized spacial score (nSPS) is 11.2. The third-order valence-corrected chi connectivity index (χ3v) is 6.50. The molecule has 0 spiro atoms. The maximum atomic E-state index is 14.1. The van der Waals surface area contributed by atoms with Crippen molar-refractivity contribution in [1.82, 2.24) is 9.47 Å². The van der Waals surface area contributed by atoms with Gasteiger partial charge in [0.25, 0.3) is 11.5 Å². The van der Waals surface area contributed by atoms with Gasteiger partial charge in [0, 0.05) is 31.0 Å². The Balaban J connectivity index is 2.06. The minimum absolute atomic E-state index is 0.0651. The number of aromatic hydroxyl groups is 1. The van der Waals surface area contributed by atoms with Gasteiger partial charge < -0.3 is 29.0 Å². The van der Waals surface area contributed by atoms with Gasteiger partial charge in [-0.3, -0.25) is 19.5 Å². The van der Waals surface area contributed by atoms with Crippen LogP contribution in [0.1, 0.15) is 31.3 Å². The summed E-state index contributed by atoms with van der Waals surface area (Å²) in [5, 5.41) is 13.6. The van der Waals surface area contributed by atoms with E-state index in [0.29, 0.717) is 45.1 Å². The number of benzene rings is 3. The van der Waals surface area contributed by atoms with Crippen molar-refractivity contribution in [3.63, 3.8) is 0 Å². The molecule has 1 aromatic heterocycles. The maximum absolute atomic E-state index is 14.1. The van der Waals surface area contributed by atoms with E-state index in [1.165, 1.54) is 42.9 Å². The van der Waals surface area contributed by atoms with Crippen molar-refractivity contribution in [2.45, 2.75) is 26.4 Å². The van der Waals surface area contributed by atoms with Gasteiger partial charge in [0.2, 0.25) is 5.75 Å². The van der Waals surface area contributed by atoms with E-state index in [1.807, 2.05) is 0 Å². The first kappa shape index (κ1) is 30.8. The Labute approximate surface area is 249 Å². The second-order valence-electron chi connectivity index (χ2n) is 10.9. The summed E-state index contributed by atoms with van der Waals surface area (Å²) in [5.41, 5.74) is 0.545. The zero-order chi connectivity index (χ0) is 31.6. The number of methoxy groups -OCH3 is 3. The van der Waals surface area contributed by atoms with Crippen LogP contribution in [0.5, 0.6) is 23.0 Å². The molecule has 0 saturated carbocycles. The number of carbonyl (C=O) groups is 2. The lowest BCUT2D eigenvalue weighted by atomic mass is 9.95. The predicted octanol–water partition coefficient (Wildman–Crippen LogP) is 5.44. The molecule has 0 fully saturated rings. The van der Waals surface area contributed by atoms with Gasteiger partial charge in [-0.1, -0.05) is 0 Å². The van der Waals surface area contributed by atoms with Crippen LogP contribution < -0.4 is 25.1 Å². The van der Waals surface area contributed by atoms with Gasteiger partial charge in [0.1, 0.15) is 17.0 Å². The summed E-state index contributed by atoms with van der Waals surface area (Å²) in [5.74, 6) is 0.490. The second-order valence-corrected chi connectivity index (χ2v) is 10.9. The van der Waals surface area contributed by atoms with Gasteiger partial charge in [0.15, 0.2) is 11.5 Å². The van der Waals surface area contributed by atoms with Gasteiger partial charge in [-0.05, 0) is 86.3 Å². The first-order valence-electron chi connectivity index (χ1n) is 13.3. The lowest BCUT2D eigenvalue weighted by Gasteiger charge is -2.23. The zero-order valence-electron chi connectivity index (χ0n) is 25.4. The Hall–Kier alpha value is -5.19. The fourth-order valence-corrected chi connectivity index (χ4v) is 4.68. The first-order chi connectivity index (χ1) is 20.3. The van der Waals surface area contributed by atoms with E-state index in [2.05, 4.69) is 5.32 Å². The topological polar surface area (TPSA) is 129 Å². The lowest BCUT2D eigenvalue weighted by Crippen LogP contribution is -2.32. The van der Waals surface area contributed by atoms with E-state index < -0.39 is 23.2 Å². The number of aromatic nitrogens is 1. The number of nitrogens with zero attached hydrogens (tertiary/aromatic N) is 2. The molecule has 0 radical (unpaired) electrons. The molecular weight excluding hydrogens is 554 g/mol. The molecule has 226 valence electrons. The van der Waals surface area contributed by atoms with Crippen molar-refractivity contribution in [1.29, 1.82) is 0 Å². The molecule has 4 rings (SSSR count). The highest BCUT2D eigenvalue weighted by atomic mass is 16.6. The molecular formula is C32H35N3O8. The summed E-state index contributed by atoms with van der Waals surface area (Å²) in [7, 11) is 7.63. The van der Waals surface area contributed by atoms with Crippen molar-refractivity contribution in [3.05, 3.63) is 70.6 Å². The monoisotopic (exact) mass is 589 g/mol. The Morgan fingerprint density at radius 2 is 1.47 bits per heavy atom. The summed E-state index contributed by atoms with van der Waals surface area (Å²) in [4.78, 5) is 41.7. The molecule has 0 atom stereocenters. The van der Waals surface area contributed by atoms with E-state index in [-0.39, 0.29) is 16.8 Å². The van der Waals surface area contributed by atoms with Gasteiger partial charge in [-0.2, -0.15) is 0 Å². The lowest BCUT2D eigenvalue weighted by molar-refractivity contribution is 0.0635. The molecule has 4 aromatic rings. The number of pyridine rings is 1. The minimum atomic E-state index is -0.682. The Kier molecular flexibility index (Phi) is 8.56. The number of phenols is 1. The number of phenolic OH excluding ortho intramolecular Hbond substituents is 1. The molecule has 2 amide bonds. The number of hydrogen-bond acceptors (Lipinski definition) is 8. The summed E-state index contributed by atoms with van der Waals surface area (Å²) in [6, 6.07) is 14.2. The average molecular weight is 590 g/mol. The Morgan fingerprint density at radius 3 is 1.98 bits per heavy atom. The maximum Gasteiger partial charge on any atom is 0.412 e. The highest BCUT2D eigenvalue weighted by Gasteiger charge is 2.27. The van der Waals surface area contributed by atoms with Crippen LogP contribution in [-0.4, -0.2) is 67.6 Å². The molecule has 0 aliphatic carbocycles. The molecule has 3 aromatic carbocycles. The van der Waals surface area contributed by atoms with Gasteiger partial charge in [0.05, 0.1) is 26.7 Å². The quantitative estimate of drug-likeness (QED) is 0.292. The van der Waals surface area contributed by atoms with Crippen LogP contribution in [0, 0.1) is 0 Å². The van der Waals surface area contributed by atoms with Crippen molar-refractivity contribution >= 4 is 28.5 Å². The zero-order valence-corrected chi connectivity index (χ0v) is 25.4. The van der Waals surface area contributed by atoms with Crippen LogP contribution in [0.25, 0.3) is 27.6 Å². The summed E-state index contributed by atoms with van der Waals surface area (Å²) in [6.07, 6.45) is -0.633. The third-order valence-electron chi connectivity index (χ3n) is 6.50. The molecule has 0 unspecified atom stereocenters. The number of fused-ring (bicyclic) bond motifs is 1. The third kappa shape index (κ3) is 6.20. The average Bonchev–Trinajstić information content (AvgIpc) is 2.95. The molecule has 43 heavy (non-hydrogen) atoms. The number of rotatable bonds is 7. The summed E-state index contributed by atoms with van der Waals surface area (Å²) in [6.45, 7) is 5.28. The molecule has 0 saturated heterocycles. The van der Waals surface area contributed by atoms with Crippen LogP contribution in [0.4, 0.5) is 10.5 Å². The van der Waals surface area contributed by atoms with Crippen LogP contribution in [0.2, 0.25) is 0 Å². The van der Waals surface area contributed by atoms with E-state index in [9.17, 15) is 19.5 Å². The molecule has 0 aliphatic rings. The number of amides is 2. The minimum Gasteiger partial charge on any atom is -0.508 e. The smallest absolute Gasteiger partial charge is 0.412 e. The largest absolute Gasteiger partial charge is 0.508 e. The molecule has 1 heterocycles. The van der Waals surface area contributed by atoms with Crippen LogP contribution in [0.15, 0.2) is 59.4 Å². The standard InChI is InChI=1S/C32H35N3O8/c1-32(2,3)43-31(39)33-19-9-11-20(12-10-19)35-27(30(38)34(4)5)26(22-14-13-21(36)17-23(22)29(35)37)18-15-24(40-6)28(42-8)25(16-18)41-7/h9-17,36H,1-8H3,(H,33,39). The van der Waals surface area contributed by atoms with Gasteiger partial charge in [-0.25, -0.2) is 4.79 Å². The summed E-state index contributed by atoms with van der Waals surface area (Å²) >= 11 is 0. The molecule has 11 heteroatoms. The SMILES string of the molecule is COc1cc(-c2c(C(=O)N(C)C)n(-c3ccc(NC(=O)OC(C)(C)C)cc3)c(=O)c3cc(O)ccc23)cc(OC)c1OC. The van der Waals surface area contributed by atoms with E-state index in [4.69, 9.17) is 18.9 Å². The van der Waals surface area contributed by atoms with Gasteiger partial charge in [-0.15, -0.1) is 0 Å². The predicted molar refractivity (Wildman–Crippen MR) is 164 cm³/mol. The molecule has 11 nitrogen and oxygen atoms in total. The fraction of sp³-hybridized carbons (Fsp3) is 0.281. The van der Waals surface area contributed by atoms with E-state index in [1.54, 1.807) is 77.3 Å². The van der Waals surface area contributed by atoms with E-state index >= 15 is 0 Å². The Bertz CT molecular complexity index is 1730. The highest BCUT2D eigenvalue weighted by Crippen LogP contribution is 2.44. The van der Waals surface area contributed by atoms with Crippen molar-refractivity contribution in [2.24, 2.45) is 0 Å². The summed E-state index contributed by atoms with van der Waals surface area (Å²) < 4.78 is 23.3. The fourth-order valence-electron chi connectivity index (χ4n) is 4.68. The number of carbonyl (C=O) groups excluding carboxylic acids is 2. The molecule has 0 bridgehead atoms. The van der Waals surface area contributed by atoms with Crippen LogP contribution in [-0.2, 0) is 4.74 Å². The molecule has 2 N–H and O–H groups in total. The van der Waals surface area contributed by atoms with Crippen molar-refractivity contribution in [2.75, 3.05) is 40.7 Å². The van der Waals surface area contributed by atoms with Crippen LogP contribution >= 0.6 is 0 Å². The van der Waals surface area contributed by atoms with Gasteiger partial charge >= 0.3 is 6.09 Å². The van der Waals surface area contributed by atoms with Crippen molar-refractivity contribution < 1.29 is 33.6 Å². The van der Waals surface area contributed by atoms with Crippen molar-refractivity contribution in [3.8, 4) is 39.8 Å². The number of ether oxygens (including phenoxy) is 4. The molecule has 0 aliphatic heterocycles. The van der Waals surface area contributed by atoms with Crippen LogP contribution in [0.3, 0.4) is 0 Å². The second kappa shape index (κ2) is 12.0. The first-order valence-corrected chi connectivity index (χ1v) is 13.3. The highest BCUT2D eigenvalue weighted by molar-refractivity contribution is 6.09. The number of anilines is 1. The number of nitrogens with one attached hydrogen (secondary N) is 1. The van der Waals surface area contributed by atoms with E-state index in [0.717, 1.165) is 0 Å². The Morgan fingerprint density at radius 1 is 0.860 bits per heavy atom. The number of hydrogen-bond donors (Lipinski definition) is 2.